The molecule has 15 heavy (non-hydrogen) atoms. The van der Waals surface area contributed by atoms with Gasteiger partial charge in [0.15, 0.2) is 0 Å². The van der Waals surface area contributed by atoms with Gasteiger partial charge in [0.1, 0.15) is 5.78 Å². The van der Waals surface area contributed by atoms with Crippen molar-refractivity contribution in [2.24, 2.45) is 0 Å². The molecule has 1 N–H and O–H groups in total. The van der Waals surface area contributed by atoms with Gasteiger partial charge in [0, 0.05) is 17.3 Å². The van der Waals surface area contributed by atoms with Gasteiger partial charge >= 0.3 is 0 Å². The molecule has 0 saturated heterocycles. The molecule has 0 unspecified atom stereocenters. The molecule has 80 valence electrons. The van der Waals surface area contributed by atoms with Crippen LogP contribution in [0.3, 0.4) is 0 Å². The molecular formula is C12H13BrO2. The Balaban J connectivity index is 2.16. The Morgan fingerprint density at radius 2 is 1.87 bits per heavy atom. The van der Waals surface area contributed by atoms with Gasteiger partial charge in [0.2, 0.25) is 0 Å². The summed E-state index contributed by atoms with van der Waals surface area (Å²) in [6.07, 6.45) is 1.14. The van der Waals surface area contributed by atoms with Crippen LogP contribution >= 0.6 is 15.9 Å². The number of aliphatic hydroxyl groups excluding tert-OH is 1. The molecule has 2 rings (SSSR count). The summed E-state index contributed by atoms with van der Waals surface area (Å²) in [5, 5.41) is 9.54. The first-order valence-corrected chi connectivity index (χ1v) is 5.89. The molecule has 1 aromatic rings. The van der Waals surface area contributed by atoms with Crippen molar-refractivity contribution in [3.05, 3.63) is 34.3 Å². The molecule has 0 heterocycles. The average molecular weight is 269 g/mol. The van der Waals surface area contributed by atoms with E-state index in [1.165, 1.54) is 0 Å². The molecule has 1 saturated carbocycles. The molecule has 2 atom stereocenters. The lowest BCUT2D eigenvalue weighted by molar-refractivity contribution is -0.123. The van der Waals surface area contributed by atoms with E-state index >= 15 is 0 Å². The SMILES string of the molecule is O=C1C[C@@H](O)C[C@@H](c2ccc(Br)cc2)C1. The van der Waals surface area contributed by atoms with Crippen molar-refractivity contribution in [1.82, 2.24) is 0 Å². The topological polar surface area (TPSA) is 37.3 Å². The number of ketones is 1. The largest absolute Gasteiger partial charge is 0.393 e. The third-order valence-corrected chi connectivity index (χ3v) is 3.36. The van der Waals surface area contributed by atoms with E-state index in [2.05, 4.69) is 15.9 Å². The van der Waals surface area contributed by atoms with Crippen LogP contribution in [-0.2, 0) is 4.79 Å². The van der Waals surface area contributed by atoms with Crippen molar-refractivity contribution in [3.8, 4) is 0 Å². The lowest BCUT2D eigenvalue weighted by Crippen LogP contribution is -2.25. The Hall–Kier alpha value is -0.670. The van der Waals surface area contributed by atoms with Crippen LogP contribution in [0.15, 0.2) is 28.7 Å². The summed E-state index contributed by atoms with van der Waals surface area (Å²) in [5.41, 5.74) is 1.14. The molecule has 1 aromatic carbocycles. The van der Waals surface area contributed by atoms with Gasteiger partial charge in [0.25, 0.3) is 0 Å². The fourth-order valence-electron chi connectivity index (χ4n) is 2.10. The normalized spacial score (nSPS) is 26.7. The van der Waals surface area contributed by atoms with E-state index in [1.54, 1.807) is 0 Å². The maximum atomic E-state index is 11.4. The zero-order chi connectivity index (χ0) is 10.8. The quantitative estimate of drug-likeness (QED) is 0.851. The summed E-state index contributed by atoms with van der Waals surface area (Å²) in [4.78, 5) is 11.4. The molecule has 0 bridgehead atoms. The number of Topliss-reactive ketones (excluding diaryl/α,β-unsaturated/α-hetero) is 1. The number of aliphatic hydroxyl groups is 1. The molecule has 3 heteroatoms. The van der Waals surface area contributed by atoms with E-state index in [0.29, 0.717) is 19.3 Å². The monoisotopic (exact) mass is 268 g/mol. The van der Waals surface area contributed by atoms with Gasteiger partial charge in [0.05, 0.1) is 6.10 Å². The summed E-state index contributed by atoms with van der Waals surface area (Å²) >= 11 is 3.38. The average Bonchev–Trinajstić information content (AvgIpc) is 2.17. The first kappa shape index (κ1) is 10.8. The molecule has 0 aromatic heterocycles. The number of carbonyl (C=O) groups excluding carboxylic acids is 1. The van der Waals surface area contributed by atoms with Crippen molar-refractivity contribution >= 4 is 21.7 Å². The van der Waals surface area contributed by atoms with Crippen molar-refractivity contribution in [3.63, 3.8) is 0 Å². The third kappa shape index (κ3) is 2.67. The van der Waals surface area contributed by atoms with Gasteiger partial charge in [-0.15, -0.1) is 0 Å². The Kier molecular flexibility index (Phi) is 3.22. The van der Waals surface area contributed by atoms with E-state index in [1.807, 2.05) is 24.3 Å². The highest BCUT2D eigenvalue weighted by molar-refractivity contribution is 9.10. The van der Waals surface area contributed by atoms with Crippen LogP contribution in [0.5, 0.6) is 0 Å². The van der Waals surface area contributed by atoms with Gasteiger partial charge in [-0.3, -0.25) is 4.79 Å². The summed E-state index contributed by atoms with van der Waals surface area (Å²) in [7, 11) is 0. The number of hydrogen-bond donors (Lipinski definition) is 1. The molecule has 1 aliphatic carbocycles. The smallest absolute Gasteiger partial charge is 0.136 e. The second-order valence-electron chi connectivity index (χ2n) is 4.08. The standard InChI is InChI=1S/C12H13BrO2/c13-10-3-1-8(2-4-10)9-5-11(14)7-12(15)6-9/h1-4,9,11,14H,5-7H2/t9-,11+/m1/s1. The number of carbonyl (C=O) groups is 1. The highest BCUT2D eigenvalue weighted by Gasteiger charge is 2.26. The lowest BCUT2D eigenvalue weighted by atomic mass is 9.82. The molecule has 0 radical (unpaired) electrons. The van der Waals surface area contributed by atoms with Gasteiger partial charge in [-0.2, -0.15) is 0 Å². The van der Waals surface area contributed by atoms with Crippen molar-refractivity contribution in [2.45, 2.75) is 31.3 Å². The number of benzene rings is 1. The molecular weight excluding hydrogens is 256 g/mol. The zero-order valence-electron chi connectivity index (χ0n) is 8.32. The third-order valence-electron chi connectivity index (χ3n) is 2.84. The second-order valence-corrected chi connectivity index (χ2v) is 5.00. The van der Waals surface area contributed by atoms with E-state index in [4.69, 9.17) is 0 Å². The van der Waals surface area contributed by atoms with E-state index in [0.717, 1.165) is 10.0 Å². The van der Waals surface area contributed by atoms with Crippen LogP contribution in [0, 0.1) is 0 Å². The minimum Gasteiger partial charge on any atom is -0.393 e. The maximum absolute atomic E-state index is 11.4. The van der Waals surface area contributed by atoms with E-state index in [9.17, 15) is 9.90 Å². The van der Waals surface area contributed by atoms with Crippen LogP contribution in [0.4, 0.5) is 0 Å². The molecule has 0 spiro atoms. The minimum absolute atomic E-state index is 0.168. The number of halogens is 1. The van der Waals surface area contributed by atoms with Crippen molar-refractivity contribution in [1.29, 1.82) is 0 Å². The van der Waals surface area contributed by atoms with E-state index < -0.39 is 6.10 Å². The van der Waals surface area contributed by atoms with Gasteiger partial charge in [-0.1, -0.05) is 28.1 Å². The van der Waals surface area contributed by atoms with Crippen molar-refractivity contribution < 1.29 is 9.90 Å². The Morgan fingerprint density at radius 3 is 2.47 bits per heavy atom. The lowest BCUT2D eigenvalue weighted by Gasteiger charge is -2.25. The molecule has 1 fully saturated rings. The maximum Gasteiger partial charge on any atom is 0.136 e. The summed E-state index contributed by atoms with van der Waals surface area (Å²) in [6.45, 7) is 0. The predicted molar refractivity (Wildman–Crippen MR) is 61.7 cm³/mol. The molecule has 0 aliphatic heterocycles. The Bertz CT molecular complexity index is 358. The van der Waals surface area contributed by atoms with Crippen molar-refractivity contribution in [2.75, 3.05) is 0 Å². The first-order chi connectivity index (χ1) is 7.15. The second kappa shape index (κ2) is 4.45. The summed E-state index contributed by atoms with van der Waals surface area (Å²) < 4.78 is 1.04. The number of rotatable bonds is 1. The zero-order valence-corrected chi connectivity index (χ0v) is 9.90. The fourth-order valence-corrected chi connectivity index (χ4v) is 2.37. The summed E-state index contributed by atoms with van der Waals surface area (Å²) in [6, 6.07) is 7.97. The first-order valence-electron chi connectivity index (χ1n) is 5.10. The van der Waals surface area contributed by atoms with Crippen LogP contribution in [0.25, 0.3) is 0 Å². The molecule has 1 aliphatic rings. The minimum atomic E-state index is -0.458. The Morgan fingerprint density at radius 1 is 1.20 bits per heavy atom. The fraction of sp³-hybridized carbons (Fsp3) is 0.417. The molecule has 0 amide bonds. The van der Waals surface area contributed by atoms with Gasteiger partial charge < -0.3 is 5.11 Å². The highest BCUT2D eigenvalue weighted by atomic mass is 79.9. The molecule has 2 nitrogen and oxygen atoms in total. The van der Waals surface area contributed by atoms with Crippen LogP contribution in [0.1, 0.15) is 30.7 Å². The van der Waals surface area contributed by atoms with E-state index in [-0.39, 0.29) is 11.7 Å². The van der Waals surface area contributed by atoms with Crippen LogP contribution in [0.2, 0.25) is 0 Å². The van der Waals surface area contributed by atoms with Crippen LogP contribution in [-0.4, -0.2) is 17.0 Å². The van der Waals surface area contributed by atoms with Gasteiger partial charge in [-0.25, -0.2) is 0 Å². The summed E-state index contributed by atoms with van der Waals surface area (Å²) in [5.74, 6) is 0.357. The van der Waals surface area contributed by atoms with Gasteiger partial charge in [-0.05, 0) is 30.0 Å². The van der Waals surface area contributed by atoms with Crippen LogP contribution < -0.4 is 0 Å². The Labute approximate surface area is 97.4 Å². The number of hydrogen-bond acceptors (Lipinski definition) is 2. The highest BCUT2D eigenvalue weighted by Crippen LogP contribution is 2.31. The predicted octanol–water partition coefficient (Wildman–Crippen LogP) is 2.65.